The molecule has 1 unspecified atom stereocenters. The molecule has 6 nitrogen and oxygen atoms in total. The van der Waals surface area contributed by atoms with Gasteiger partial charge in [-0.2, -0.15) is 0 Å². The normalized spacial score (nSPS) is 17.2. The molecule has 1 aromatic carbocycles. The fourth-order valence-electron chi connectivity index (χ4n) is 3.59. The Morgan fingerprint density at radius 3 is 2.76 bits per heavy atom. The maximum atomic E-state index is 14.1. The van der Waals surface area contributed by atoms with Crippen molar-refractivity contribution in [2.75, 3.05) is 24.5 Å². The lowest BCUT2D eigenvalue weighted by Gasteiger charge is -2.21. The molecule has 1 atom stereocenters. The SMILES string of the molecule is CCNC(=NCc1nccn1CC(C)C)NC1CCN(c2c(F)cccc2F)C1. The van der Waals surface area contributed by atoms with Crippen molar-refractivity contribution >= 4 is 11.6 Å². The summed E-state index contributed by atoms with van der Waals surface area (Å²) in [6.07, 6.45) is 4.55. The Balaban J connectivity index is 1.64. The molecule has 8 heteroatoms. The van der Waals surface area contributed by atoms with Crippen molar-refractivity contribution < 1.29 is 8.78 Å². The van der Waals surface area contributed by atoms with E-state index in [9.17, 15) is 8.78 Å². The number of nitrogens with zero attached hydrogens (tertiary/aromatic N) is 4. The fraction of sp³-hybridized carbons (Fsp3) is 0.524. The summed E-state index contributed by atoms with van der Waals surface area (Å²) in [5.41, 5.74) is 0.0504. The van der Waals surface area contributed by atoms with Gasteiger partial charge in [0.2, 0.25) is 0 Å². The summed E-state index contributed by atoms with van der Waals surface area (Å²) in [5.74, 6) is 1.08. The van der Waals surface area contributed by atoms with Crippen LogP contribution < -0.4 is 15.5 Å². The molecular formula is C21H30F2N6. The zero-order chi connectivity index (χ0) is 20.8. The molecule has 2 heterocycles. The zero-order valence-corrected chi connectivity index (χ0v) is 17.3. The number of aromatic nitrogens is 2. The van der Waals surface area contributed by atoms with Gasteiger partial charge in [0.25, 0.3) is 0 Å². The molecule has 158 valence electrons. The molecule has 0 amide bonds. The Morgan fingerprint density at radius 2 is 2.07 bits per heavy atom. The maximum absolute atomic E-state index is 14.1. The molecule has 0 spiro atoms. The molecule has 0 radical (unpaired) electrons. The summed E-state index contributed by atoms with van der Waals surface area (Å²) in [6, 6.07) is 4.04. The van der Waals surface area contributed by atoms with Gasteiger partial charge in [-0.25, -0.2) is 18.8 Å². The van der Waals surface area contributed by atoms with Gasteiger partial charge in [-0.3, -0.25) is 0 Å². The maximum Gasteiger partial charge on any atom is 0.191 e. The summed E-state index contributed by atoms with van der Waals surface area (Å²) in [6.45, 7) is 9.55. The highest BCUT2D eigenvalue weighted by atomic mass is 19.1. The van der Waals surface area contributed by atoms with Crippen molar-refractivity contribution in [3.05, 3.63) is 48.1 Å². The molecule has 0 saturated carbocycles. The topological polar surface area (TPSA) is 57.5 Å². The van der Waals surface area contributed by atoms with Crippen LogP contribution in [0, 0.1) is 17.6 Å². The summed E-state index contributed by atoms with van der Waals surface area (Å²) >= 11 is 0. The van der Waals surface area contributed by atoms with Gasteiger partial charge in [0.1, 0.15) is 29.7 Å². The minimum absolute atomic E-state index is 0.0504. The number of aliphatic imine (C=N–C) groups is 1. The number of benzene rings is 1. The Kier molecular flexibility index (Phi) is 7.06. The van der Waals surface area contributed by atoms with Gasteiger partial charge in [0.15, 0.2) is 5.96 Å². The second-order valence-corrected chi connectivity index (χ2v) is 7.73. The number of rotatable bonds is 7. The number of hydrogen-bond acceptors (Lipinski definition) is 3. The van der Waals surface area contributed by atoms with Gasteiger partial charge < -0.3 is 20.1 Å². The van der Waals surface area contributed by atoms with E-state index in [2.05, 4.69) is 39.0 Å². The molecule has 1 aliphatic rings. The van der Waals surface area contributed by atoms with E-state index < -0.39 is 11.6 Å². The second-order valence-electron chi connectivity index (χ2n) is 7.73. The van der Waals surface area contributed by atoms with Gasteiger partial charge in [0.05, 0.1) is 0 Å². The zero-order valence-electron chi connectivity index (χ0n) is 17.3. The number of guanidine groups is 1. The van der Waals surface area contributed by atoms with E-state index in [0.717, 1.165) is 25.3 Å². The average Bonchev–Trinajstić information content (AvgIpc) is 3.29. The first kappa shape index (κ1) is 21.1. The van der Waals surface area contributed by atoms with Crippen LogP contribution in [0.1, 0.15) is 33.0 Å². The first-order valence-electron chi connectivity index (χ1n) is 10.2. The number of nitrogens with one attached hydrogen (secondary N) is 2. The summed E-state index contributed by atoms with van der Waals surface area (Å²) < 4.78 is 30.3. The van der Waals surface area contributed by atoms with Gasteiger partial charge >= 0.3 is 0 Å². The molecule has 2 N–H and O–H groups in total. The van der Waals surface area contributed by atoms with Crippen molar-refractivity contribution in [2.45, 2.75) is 46.3 Å². The van der Waals surface area contributed by atoms with E-state index in [1.807, 2.05) is 13.1 Å². The third kappa shape index (κ3) is 5.46. The number of imidazole rings is 1. The molecule has 0 aliphatic carbocycles. The molecule has 1 aromatic heterocycles. The van der Waals surface area contributed by atoms with Crippen LogP contribution in [0.2, 0.25) is 0 Å². The van der Waals surface area contributed by atoms with Crippen LogP contribution in [-0.2, 0) is 13.1 Å². The van der Waals surface area contributed by atoms with Crippen LogP contribution in [0.25, 0.3) is 0 Å². The van der Waals surface area contributed by atoms with E-state index in [1.165, 1.54) is 18.2 Å². The van der Waals surface area contributed by atoms with Gasteiger partial charge in [0, 0.05) is 44.6 Å². The average molecular weight is 405 g/mol. The quantitative estimate of drug-likeness (QED) is 0.550. The molecule has 3 rings (SSSR count). The second kappa shape index (κ2) is 9.71. The predicted molar refractivity (Wildman–Crippen MR) is 112 cm³/mol. The number of anilines is 1. The predicted octanol–water partition coefficient (Wildman–Crippen LogP) is 3.15. The monoisotopic (exact) mass is 404 g/mol. The van der Waals surface area contributed by atoms with Crippen molar-refractivity contribution in [2.24, 2.45) is 10.9 Å². The number of halogens is 2. The highest BCUT2D eigenvalue weighted by molar-refractivity contribution is 5.80. The van der Waals surface area contributed by atoms with E-state index in [0.29, 0.717) is 31.5 Å². The molecular weight excluding hydrogens is 374 g/mol. The van der Waals surface area contributed by atoms with Gasteiger partial charge in [-0.05, 0) is 31.4 Å². The number of para-hydroxylation sites is 1. The van der Waals surface area contributed by atoms with Gasteiger partial charge in [-0.15, -0.1) is 0 Å². The van der Waals surface area contributed by atoms with Crippen molar-refractivity contribution in [1.29, 1.82) is 0 Å². The first-order chi connectivity index (χ1) is 14.0. The third-order valence-electron chi connectivity index (χ3n) is 4.87. The summed E-state index contributed by atoms with van der Waals surface area (Å²) in [4.78, 5) is 10.8. The fourth-order valence-corrected chi connectivity index (χ4v) is 3.59. The number of hydrogen-bond donors (Lipinski definition) is 2. The van der Waals surface area contributed by atoms with Gasteiger partial charge in [-0.1, -0.05) is 19.9 Å². The lowest BCUT2D eigenvalue weighted by atomic mass is 10.2. The molecule has 1 fully saturated rings. The highest BCUT2D eigenvalue weighted by Crippen LogP contribution is 2.26. The van der Waals surface area contributed by atoms with Crippen LogP contribution in [-0.4, -0.2) is 41.2 Å². The molecule has 2 aromatic rings. The lowest BCUT2D eigenvalue weighted by molar-refractivity contribution is 0.507. The Labute approximate surface area is 171 Å². The lowest BCUT2D eigenvalue weighted by Crippen LogP contribution is -2.44. The van der Waals surface area contributed by atoms with Crippen LogP contribution in [0.15, 0.2) is 35.6 Å². The van der Waals surface area contributed by atoms with Crippen LogP contribution >= 0.6 is 0 Å². The molecule has 1 aliphatic heterocycles. The highest BCUT2D eigenvalue weighted by Gasteiger charge is 2.27. The van der Waals surface area contributed by atoms with Crippen molar-refractivity contribution in [3.63, 3.8) is 0 Å². The molecule has 29 heavy (non-hydrogen) atoms. The van der Waals surface area contributed by atoms with Crippen LogP contribution in [0.4, 0.5) is 14.5 Å². The largest absolute Gasteiger partial charge is 0.365 e. The van der Waals surface area contributed by atoms with Crippen LogP contribution in [0.5, 0.6) is 0 Å². The molecule has 1 saturated heterocycles. The van der Waals surface area contributed by atoms with E-state index >= 15 is 0 Å². The van der Waals surface area contributed by atoms with Crippen molar-refractivity contribution in [1.82, 2.24) is 20.2 Å². The Hall–Kier alpha value is -2.64. The van der Waals surface area contributed by atoms with Crippen molar-refractivity contribution in [3.8, 4) is 0 Å². The summed E-state index contributed by atoms with van der Waals surface area (Å²) in [5, 5.41) is 6.64. The Bertz CT molecular complexity index is 812. The first-order valence-corrected chi connectivity index (χ1v) is 10.2. The van der Waals surface area contributed by atoms with E-state index in [-0.39, 0.29) is 11.7 Å². The standard InChI is InChI=1S/C21H30F2N6/c1-4-24-21(26-12-19-25-9-11-28(19)13-15(2)3)27-16-8-10-29(14-16)20-17(22)6-5-7-18(20)23/h5-7,9,11,15-16H,4,8,10,12-14H2,1-3H3,(H2,24,26,27). The van der Waals surface area contributed by atoms with E-state index in [1.54, 1.807) is 11.1 Å². The van der Waals surface area contributed by atoms with E-state index in [4.69, 9.17) is 0 Å². The smallest absolute Gasteiger partial charge is 0.191 e. The minimum atomic E-state index is -0.525. The molecule has 0 bridgehead atoms. The van der Waals surface area contributed by atoms with Crippen LogP contribution in [0.3, 0.4) is 0 Å². The summed E-state index contributed by atoms with van der Waals surface area (Å²) in [7, 11) is 0. The minimum Gasteiger partial charge on any atom is -0.365 e. The Morgan fingerprint density at radius 1 is 1.31 bits per heavy atom. The third-order valence-corrected chi connectivity index (χ3v) is 4.87.